The zero-order valence-electron chi connectivity index (χ0n) is 29.3. The van der Waals surface area contributed by atoms with Gasteiger partial charge in [0.1, 0.15) is 11.2 Å². The topological polar surface area (TPSA) is 56.7 Å². The van der Waals surface area contributed by atoms with E-state index in [2.05, 4.69) is 154 Å². The van der Waals surface area contributed by atoms with Gasteiger partial charge < -0.3 is 8.98 Å². The Morgan fingerprint density at radius 2 is 1.11 bits per heavy atom. The van der Waals surface area contributed by atoms with E-state index in [9.17, 15) is 0 Å². The molecular weight excluding hydrogens is 696 g/mol. The fraction of sp³-hybridized carbons (Fsp3) is 0. The van der Waals surface area contributed by atoms with E-state index in [0.29, 0.717) is 11.6 Å². The van der Waals surface area contributed by atoms with E-state index in [1.54, 1.807) is 0 Å². The van der Waals surface area contributed by atoms with Crippen molar-refractivity contribution >= 4 is 66.1 Å². The first-order valence-electron chi connectivity index (χ1n) is 18.2. The van der Waals surface area contributed by atoms with Crippen molar-refractivity contribution < 1.29 is 4.42 Å². The standard InChI is InChI=1S/C49H29ClN4O/c50-49-52-47(36-21-20-31-12-4-5-13-32(31)26-36)51-48(53-49)39-17-9-19-45-46(39)41-29-35(23-25-44(41)55-45)34-22-24-43-40(28-34)38-16-6-7-18-42(38)54(43)37-15-8-14-33(27-37)30-10-2-1-3-11-30/h1-29H. The minimum absolute atomic E-state index is 0.137. The fourth-order valence-corrected chi connectivity index (χ4v) is 8.17. The Bertz CT molecular complexity index is 3290. The molecule has 8 aromatic carbocycles. The molecule has 0 spiro atoms. The van der Waals surface area contributed by atoms with Crippen LogP contribution in [0, 0.1) is 0 Å². The largest absolute Gasteiger partial charge is 0.456 e. The van der Waals surface area contributed by atoms with Crippen LogP contribution in [0.4, 0.5) is 0 Å². The summed E-state index contributed by atoms with van der Waals surface area (Å²) < 4.78 is 8.78. The third-order valence-electron chi connectivity index (χ3n) is 10.6. The quantitative estimate of drug-likeness (QED) is 0.177. The Labute approximate surface area is 320 Å². The van der Waals surface area contributed by atoms with Crippen molar-refractivity contribution in [3.63, 3.8) is 0 Å². The van der Waals surface area contributed by atoms with Crippen molar-refractivity contribution in [2.75, 3.05) is 0 Å². The van der Waals surface area contributed by atoms with Gasteiger partial charge in [0, 0.05) is 38.4 Å². The molecule has 0 radical (unpaired) electrons. The monoisotopic (exact) mass is 724 g/mol. The Morgan fingerprint density at radius 3 is 2.02 bits per heavy atom. The third kappa shape index (κ3) is 5.28. The second-order valence-corrected chi connectivity index (χ2v) is 14.1. The SMILES string of the molecule is Clc1nc(-c2ccc3ccccc3c2)nc(-c2cccc3oc4ccc(-c5ccc6c(c5)c5ccccc5n6-c5cccc(-c6ccccc6)c5)cc4c23)n1. The van der Waals surface area contributed by atoms with E-state index in [1.165, 1.54) is 27.4 Å². The van der Waals surface area contributed by atoms with Crippen LogP contribution < -0.4 is 0 Å². The van der Waals surface area contributed by atoms with Gasteiger partial charge in [-0.15, -0.1) is 0 Å². The number of hydrogen-bond donors (Lipinski definition) is 0. The molecule has 0 bridgehead atoms. The number of rotatable bonds is 5. The molecule has 0 aliphatic carbocycles. The van der Waals surface area contributed by atoms with Crippen LogP contribution >= 0.6 is 11.6 Å². The molecule has 0 fully saturated rings. The van der Waals surface area contributed by atoms with E-state index in [0.717, 1.165) is 66.2 Å². The lowest BCUT2D eigenvalue weighted by atomic mass is 9.99. The first-order chi connectivity index (χ1) is 27.1. The highest BCUT2D eigenvalue weighted by Gasteiger charge is 2.19. The first kappa shape index (κ1) is 31.4. The molecule has 0 aliphatic heterocycles. The average molecular weight is 725 g/mol. The second kappa shape index (κ2) is 12.5. The highest BCUT2D eigenvalue weighted by Crippen LogP contribution is 2.40. The van der Waals surface area contributed by atoms with Crippen molar-refractivity contribution in [1.29, 1.82) is 0 Å². The van der Waals surface area contributed by atoms with Crippen LogP contribution in [0.5, 0.6) is 0 Å². The highest BCUT2D eigenvalue weighted by atomic mass is 35.5. The van der Waals surface area contributed by atoms with Gasteiger partial charge in [0.05, 0.1) is 11.0 Å². The summed E-state index contributed by atoms with van der Waals surface area (Å²) in [5.74, 6) is 1.01. The molecule has 5 nitrogen and oxygen atoms in total. The molecule has 0 N–H and O–H groups in total. The molecule has 55 heavy (non-hydrogen) atoms. The van der Waals surface area contributed by atoms with E-state index in [1.807, 2.05) is 36.4 Å². The van der Waals surface area contributed by atoms with Crippen LogP contribution in [0.25, 0.3) is 105 Å². The summed E-state index contributed by atoms with van der Waals surface area (Å²) in [5, 5.41) is 6.70. The molecule has 258 valence electrons. The van der Waals surface area contributed by atoms with E-state index < -0.39 is 0 Å². The molecule has 0 atom stereocenters. The number of halogens is 1. The number of fused-ring (bicyclic) bond motifs is 7. The lowest BCUT2D eigenvalue weighted by Gasteiger charge is -2.11. The zero-order chi connectivity index (χ0) is 36.5. The molecule has 0 saturated carbocycles. The van der Waals surface area contributed by atoms with Crippen molar-refractivity contribution in [2.24, 2.45) is 0 Å². The molecule has 3 aromatic heterocycles. The summed E-state index contributed by atoms with van der Waals surface area (Å²) in [7, 11) is 0. The predicted octanol–water partition coefficient (Wildman–Crippen LogP) is 13.3. The van der Waals surface area contributed by atoms with Crippen LogP contribution in [-0.4, -0.2) is 19.5 Å². The predicted molar refractivity (Wildman–Crippen MR) is 226 cm³/mol. The van der Waals surface area contributed by atoms with Crippen molar-refractivity contribution in [2.45, 2.75) is 0 Å². The van der Waals surface area contributed by atoms with Gasteiger partial charge in [0.15, 0.2) is 11.6 Å². The van der Waals surface area contributed by atoms with Crippen molar-refractivity contribution in [1.82, 2.24) is 19.5 Å². The molecule has 3 heterocycles. The molecule has 11 rings (SSSR count). The Morgan fingerprint density at radius 1 is 0.418 bits per heavy atom. The molecule has 0 saturated heterocycles. The van der Waals surface area contributed by atoms with Gasteiger partial charge in [-0.2, -0.15) is 9.97 Å². The van der Waals surface area contributed by atoms with E-state index in [-0.39, 0.29) is 5.28 Å². The van der Waals surface area contributed by atoms with E-state index >= 15 is 0 Å². The minimum Gasteiger partial charge on any atom is -0.456 e. The van der Waals surface area contributed by atoms with Gasteiger partial charge in [-0.05, 0) is 99.2 Å². The highest BCUT2D eigenvalue weighted by molar-refractivity contribution is 6.28. The van der Waals surface area contributed by atoms with Crippen LogP contribution in [-0.2, 0) is 0 Å². The molecule has 0 aliphatic rings. The van der Waals surface area contributed by atoms with Gasteiger partial charge in [-0.1, -0.05) is 121 Å². The summed E-state index contributed by atoms with van der Waals surface area (Å²) in [5.41, 5.74) is 11.3. The minimum atomic E-state index is 0.137. The number of nitrogens with zero attached hydrogens (tertiary/aromatic N) is 4. The number of hydrogen-bond acceptors (Lipinski definition) is 4. The van der Waals surface area contributed by atoms with Crippen LogP contribution in [0.3, 0.4) is 0 Å². The Balaban J connectivity index is 1.04. The summed E-state index contributed by atoms with van der Waals surface area (Å²) in [6, 6.07) is 61.5. The van der Waals surface area contributed by atoms with Gasteiger partial charge in [0.2, 0.25) is 5.28 Å². The maximum Gasteiger partial charge on any atom is 0.226 e. The average Bonchev–Trinajstić information content (AvgIpc) is 3.79. The fourth-order valence-electron chi connectivity index (χ4n) is 8.01. The summed E-state index contributed by atoms with van der Waals surface area (Å²) in [6.07, 6.45) is 0. The normalized spacial score (nSPS) is 11.7. The summed E-state index contributed by atoms with van der Waals surface area (Å²) >= 11 is 6.59. The molecule has 0 amide bonds. The van der Waals surface area contributed by atoms with Gasteiger partial charge in [0.25, 0.3) is 0 Å². The molecular formula is C49H29ClN4O. The van der Waals surface area contributed by atoms with Crippen LogP contribution in [0.15, 0.2) is 180 Å². The summed E-state index contributed by atoms with van der Waals surface area (Å²) in [6.45, 7) is 0. The maximum atomic E-state index is 6.59. The number of benzene rings is 8. The number of furan rings is 1. The Kier molecular flexibility index (Phi) is 7.15. The summed E-state index contributed by atoms with van der Waals surface area (Å²) in [4.78, 5) is 14.1. The van der Waals surface area contributed by atoms with Gasteiger partial charge >= 0.3 is 0 Å². The van der Waals surface area contributed by atoms with E-state index in [4.69, 9.17) is 21.0 Å². The number of aromatic nitrogens is 4. The van der Waals surface area contributed by atoms with Gasteiger partial charge in [-0.25, -0.2) is 4.98 Å². The molecule has 6 heteroatoms. The third-order valence-corrected chi connectivity index (χ3v) is 10.7. The lowest BCUT2D eigenvalue weighted by molar-refractivity contribution is 0.669. The van der Waals surface area contributed by atoms with Crippen molar-refractivity contribution in [3.05, 3.63) is 181 Å². The Hall–Kier alpha value is -7.08. The smallest absolute Gasteiger partial charge is 0.226 e. The zero-order valence-corrected chi connectivity index (χ0v) is 30.1. The molecule has 0 unspecified atom stereocenters. The first-order valence-corrected chi connectivity index (χ1v) is 18.6. The van der Waals surface area contributed by atoms with Crippen LogP contribution in [0.1, 0.15) is 0 Å². The maximum absolute atomic E-state index is 6.59. The lowest BCUT2D eigenvalue weighted by Crippen LogP contribution is -1.97. The molecule has 11 aromatic rings. The van der Waals surface area contributed by atoms with Crippen molar-refractivity contribution in [3.8, 4) is 50.7 Å². The van der Waals surface area contributed by atoms with Crippen LogP contribution in [0.2, 0.25) is 5.28 Å². The van der Waals surface area contributed by atoms with Gasteiger partial charge in [-0.3, -0.25) is 0 Å². The second-order valence-electron chi connectivity index (χ2n) is 13.8. The number of para-hydroxylation sites is 1.